The fraction of sp³-hybridized carbons (Fsp3) is 0.595. The Balaban J connectivity index is -0.000000123. The Labute approximate surface area is 319 Å². The van der Waals surface area contributed by atoms with Crippen LogP contribution in [0.2, 0.25) is 0 Å². The van der Waals surface area contributed by atoms with Crippen molar-refractivity contribution in [3.05, 3.63) is 61.1 Å². The molecular weight excluding hydrogens is 679 g/mol. The van der Waals surface area contributed by atoms with Crippen molar-refractivity contribution in [2.75, 3.05) is 34.4 Å². The first-order chi connectivity index (χ1) is 23.8. The van der Waals surface area contributed by atoms with Crippen molar-refractivity contribution in [2.24, 2.45) is 29.6 Å². The average molecular weight is 752 g/mol. The van der Waals surface area contributed by atoms with Crippen molar-refractivity contribution in [1.82, 2.24) is 4.90 Å². The van der Waals surface area contributed by atoms with E-state index in [4.69, 9.17) is 11.2 Å². The lowest BCUT2D eigenvalue weighted by atomic mass is 10.1. The zero-order valence-electron chi connectivity index (χ0n) is 35.3. The van der Waals surface area contributed by atoms with E-state index in [-0.39, 0.29) is 70.2 Å². The molecule has 0 amide bonds. The molecule has 0 fully saturated rings. The zero-order valence-corrected chi connectivity index (χ0v) is 36.1. The molecule has 0 atom stereocenters. The van der Waals surface area contributed by atoms with Crippen LogP contribution in [0.15, 0.2) is 61.1 Å². The number of likely N-dealkylation sites (N-methyl/N-ethyl adjacent to an activating group) is 1. The van der Waals surface area contributed by atoms with Crippen LogP contribution >= 0.6 is 0 Å². The molecule has 0 saturated carbocycles. The van der Waals surface area contributed by atoms with Crippen LogP contribution in [-0.2, 0) is 38.5 Å². The van der Waals surface area contributed by atoms with Gasteiger partial charge in [-0.25, -0.2) is 8.42 Å². The Morgan fingerprint density at radius 3 is 1.25 bits per heavy atom. The summed E-state index contributed by atoms with van der Waals surface area (Å²) in [5.41, 5.74) is 0. The molecule has 0 aliphatic rings. The van der Waals surface area contributed by atoms with E-state index in [9.17, 15) is 32.4 Å². The van der Waals surface area contributed by atoms with Crippen molar-refractivity contribution < 1.29 is 37.1 Å². The van der Waals surface area contributed by atoms with Crippen LogP contribution in [0.1, 0.15) is 96.4 Å². The summed E-state index contributed by atoms with van der Waals surface area (Å²) in [6.45, 7) is 31.7. The van der Waals surface area contributed by atoms with Gasteiger partial charge in [-0.05, 0) is 59.2 Å². The van der Waals surface area contributed by atoms with E-state index < -0.39 is 9.84 Å². The number of rotatable bonds is 16. The Bertz CT molecular complexity index is 1240. The Kier molecular flexibility index (Phi) is 45.1. The molecule has 300 valence electrons. The molecule has 0 unspecified atom stereocenters. The van der Waals surface area contributed by atoms with Gasteiger partial charge in [0.05, 0.1) is 18.3 Å². The van der Waals surface area contributed by atoms with Crippen molar-refractivity contribution in [3.8, 4) is 12.3 Å². The normalized spacial score (nSPS) is 10.7. The third-order valence-electron chi connectivity index (χ3n) is 5.92. The molecule has 0 aliphatic heterocycles. The molecule has 52 heavy (non-hydrogen) atoms. The van der Waals surface area contributed by atoms with Crippen LogP contribution in [0.5, 0.6) is 0 Å². The lowest BCUT2D eigenvalue weighted by Crippen LogP contribution is -2.11. The SMILES string of the molecule is C#CCC(=O)C(C)C.C/C=C/C(=O)C(C)C.C=CC(=O)C(C)C.C=CS(=O)(=O)C(C)C.CC(C)C(=O)/C=C/CN(C)C.COC/C=C/C(=O)C(C)C. The van der Waals surface area contributed by atoms with E-state index >= 15 is 0 Å². The van der Waals surface area contributed by atoms with Crippen LogP contribution in [-0.4, -0.2) is 81.8 Å². The molecule has 0 saturated heterocycles. The summed E-state index contributed by atoms with van der Waals surface area (Å²) >= 11 is 0. The van der Waals surface area contributed by atoms with Gasteiger partial charge in [-0.15, -0.1) is 6.42 Å². The number of carbonyl (C=O) groups is 5. The minimum Gasteiger partial charge on any atom is -0.381 e. The first-order valence-corrected chi connectivity index (χ1v) is 19.1. The number of nitrogens with zero attached hydrogens (tertiary/aromatic N) is 1. The molecule has 10 heteroatoms. The lowest BCUT2D eigenvalue weighted by Gasteiger charge is -2.03. The van der Waals surface area contributed by atoms with Crippen LogP contribution in [0.4, 0.5) is 0 Å². The standard InChI is InChI=1S/C9H17NO.C8H14O2.C7H12O.C7H10O.C6H10O.C5H10O2S/c1-8(2)9(11)6-5-7-10(3)4;1-7(2)8(9)5-4-6-10-3;2*1-4-5-7(8)6(2)3;1-4-6(7)5(2)3;1-4-8(6,7)5(2)3/h5-6,8H,7H2,1-4H3;4-5,7H,6H2,1-3H3;4-6H,1-3H3;1,6H,5H2,2-3H3;4-5H,1H2,2-3H3;4-5H,1H2,2-3H3/b6-5+;2*5-4+;;;. The minimum absolute atomic E-state index is 0.0889. The number of allylic oxidation sites excluding steroid dienone is 5. The maximum Gasteiger partial charge on any atom is 0.173 e. The fourth-order valence-electron chi connectivity index (χ4n) is 2.11. The summed E-state index contributed by atoms with van der Waals surface area (Å²) < 4.78 is 25.9. The molecule has 0 spiro atoms. The molecule has 0 aromatic carbocycles. The number of methoxy groups -OCH3 is 1. The second kappa shape index (κ2) is 38.7. The molecular formula is C42H73NO8S. The van der Waals surface area contributed by atoms with Gasteiger partial charge >= 0.3 is 0 Å². The highest BCUT2D eigenvalue weighted by Gasteiger charge is 2.09. The van der Waals surface area contributed by atoms with Gasteiger partial charge in [0.2, 0.25) is 0 Å². The summed E-state index contributed by atoms with van der Waals surface area (Å²) in [7, 11) is 2.58. The van der Waals surface area contributed by atoms with Gasteiger partial charge in [0.1, 0.15) is 5.78 Å². The summed E-state index contributed by atoms with van der Waals surface area (Å²) in [5.74, 6) is 3.66. The molecule has 0 bridgehead atoms. The van der Waals surface area contributed by atoms with Gasteiger partial charge in [0.25, 0.3) is 0 Å². The third kappa shape index (κ3) is 48.6. The zero-order chi connectivity index (χ0) is 42.6. The van der Waals surface area contributed by atoms with Gasteiger partial charge in [0.15, 0.2) is 33.0 Å². The number of hydrogen-bond donors (Lipinski definition) is 0. The number of ketones is 5. The lowest BCUT2D eigenvalue weighted by molar-refractivity contribution is -0.121. The molecule has 0 rings (SSSR count). The maximum atomic E-state index is 11.0. The Morgan fingerprint density at radius 2 is 1.08 bits per heavy atom. The fourth-order valence-corrected chi connectivity index (χ4v) is 2.50. The molecule has 0 heterocycles. The quantitative estimate of drug-likeness (QED) is 0.113. The number of sulfone groups is 1. The number of Topliss-reactive ketones (excluding diaryl/α,β-unsaturated/α-hetero) is 1. The van der Waals surface area contributed by atoms with E-state index in [0.717, 1.165) is 12.0 Å². The topological polar surface area (TPSA) is 132 Å². The van der Waals surface area contributed by atoms with E-state index in [1.807, 2.05) is 101 Å². The summed E-state index contributed by atoms with van der Waals surface area (Å²) in [5, 5.41) is 0.650. The van der Waals surface area contributed by atoms with Crippen molar-refractivity contribution in [1.29, 1.82) is 0 Å². The summed E-state index contributed by atoms with van der Waals surface area (Å²) in [6, 6.07) is 0. The number of terminal acetylenes is 1. The van der Waals surface area contributed by atoms with Crippen molar-refractivity contribution >= 4 is 38.8 Å². The molecule has 0 aromatic heterocycles. The van der Waals surface area contributed by atoms with Crippen LogP contribution in [0.25, 0.3) is 0 Å². The van der Waals surface area contributed by atoms with Gasteiger partial charge in [-0.3, -0.25) is 24.0 Å². The van der Waals surface area contributed by atoms with E-state index in [1.54, 1.807) is 51.3 Å². The Morgan fingerprint density at radius 1 is 0.692 bits per heavy atom. The second-order valence-electron chi connectivity index (χ2n) is 13.3. The van der Waals surface area contributed by atoms with Gasteiger partial charge in [-0.1, -0.05) is 107 Å². The number of ether oxygens (including phenoxy) is 1. The number of carbonyl (C=O) groups excluding carboxylic acids is 5. The van der Waals surface area contributed by atoms with E-state index in [0.29, 0.717) is 6.61 Å². The van der Waals surface area contributed by atoms with Crippen LogP contribution in [0, 0.1) is 41.9 Å². The molecule has 0 radical (unpaired) electrons. The Hall–Kier alpha value is -3.52. The van der Waals surface area contributed by atoms with Crippen LogP contribution < -0.4 is 0 Å². The highest BCUT2D eigenvalue weighted by atomic mass is 32.2. The van der Waals surface area contributed by atoms with Gasteiger partial charge < -0.3 is 9.64 Å². The van der Waals surface area contributed by atoms with Gasteiger partial charge in [0, 0.05) is 48.7 Å². The minimum atomic E-state index is -2.97. The largest absolute Gasteiger partial charge is 0.381 e. The average Bonchev–Trinajstić information content (AvgIpc) is 3.05. The predicted octanol–water partition coefficient (Wildman–Crippen LogP) is 8.12. The highest BCUT2D eigenvalue weighted by Crippen LogP contribution is 1.99. The first-order valence-electron chi connectivity index (χ1n) is 17.5. The van der Waals surface area contributed by atoms with Crippen molar-refractivity contribution in [3.63, 3.8) is 0 Å². The van der Waals surface area contributed by atoms with Gasteiger partial charge in [-0.2, -0.15) is 0 Å². The highest BCUT2D eigenvalue weighted by molar-refractivity contribution is 7.94. The van der Waals surface area contributed by atoms with E-state index in [1.165, 1.54) is 6.08 Å². The molecule has 0 aromatic rings. The third-order valence-corrected chi connectivity index (χ3v) is 7.69. The monoisotopic (exact) mass is 752 g/mol. The summed E-state index contributed by atoms with van der Waals surface area (Å²) in [6.07, 6.45) is 16.7. The van der Waals surface area contributed by atoms with Crippen molar-refractivity contribution in [2.45, 2.75) is 102 Å². The second-order valence-corrected chi connectivity index (χ2v) is 15.7. The number of hydrogen-bond acceptors (Lipinski definition) is 9. The maximum absolute atomic E-state index is 11.0. The summed E-state index contributed by atoms with van der Waals surface area (Å²) in [4.78, 5) is 55.6. The van der Waals surface area contributed by atoms with Crippen LogP contribution in [0.3, 0.4) is 0 Å². The van der Waals surface area contributed by atoms with E-state index in [2.05, 4.69) is 19.1 Å². The smallest absolute Gasteiger partial charge is 0.173 e. The first kappa shape index (κ1) is 60.6. The molecule has 0 aliphatic carbocycles. The molecule has 0 N–H and O–H groups in total. The predicted molar refractivity (Wildman–Crippen MR) is 221 cm³/mol. The molecule has 9 nitrogen and oxygen atoms in total.